The minimum absolute atomic E-state index is 0.108. The lowest BCUT2D eigenvalue weighted by molar-refractivity contribution is 0.0888. The van der Waals surface area contributed by atoms with Crippen molar-refractivity contribution in [2.24, 2.45) is 10.8 Å². The van der Waals surface area contributed by atoms with Crippen molar-refractivity contribution in [1.82, 2.24) is 10.6 Å². The first-order valence-corrected chi connectivity index (χ1v) is 10.1. The second-order valence-electron chi connectivity index (χ2n) is 11.7. The monoisotopic (exact) mass is 388 g/mol. The zero-order valence-electron chi connectivity index (χ0n) is 19.5. The second-order valence-corrected chi connectivity index (χ2v) is 11.7. The molecule has 4 nitrogen and oxygen atoms in total. The van der Waals surface area contributed by atoms with Crippen molar-refractivity contribution in [3.05, 3.63) is 35.4 Å². The molecule has 1 rings (SSSR count). The molecule has 0 atom stereocenters. The van der Waals surface area contributed by atoms with E-state index in [0.29, 0.717) is 11.1 Å². The molecule has 2 amide bonds. The Morgan fingerprint density at radius 1 is 0.679 bits per heavy atom. The fourth-order valence-corrected chi connectivity index (χ4v) is 4.30. The Kier molecular flexibility index (Phi) is 7.14. The summed E-state index contributed by atoms with van der Waals surface area (Å²) in [6.45, 7) is 21.1. The average molecular weight is 389 g/mol. The Morgan fingerprint density at radius 2 is 1.00 bits per heavy atom. The van der Waals surface area contributed by atoms with Crippen LogP contribution in [0.3, 0.4) is 0 Å². The van der Waals surface area contributed by atoms with Gasteiger partial charge in [-0.25, -0.2) is 0 Å². The van der Waals surface area contributed by atoms with Gasteiger partial charge in [-0.1, -0.05) is 47.6 Å². The van der Waals surface area contributed by atoms with Gasteiger partial charge < -0.3 is 10.6 Å². The molecule has 2 N–H and O–H groups in total. The van der Waals surface area contributed by atoms with Crippen LogP contribution in [0, 0.1) is 10.8 Å². The van der Waals surface area contributed by atoms with Gasteiger partial charge >= 0.3 is 0 Å². The Balaban J connectivity index is 2.91. The number of hydrogen-bond acceptors (Lipinski definition) is 2. The lowest BCUT2D eigenvalue weighted by Crippen LogP contribution is -2.46. The van der Waals surface area contributed by atoms with Crippen LogP contribution in [-0.4, -0.2) is 22.9 Å². The molecular weight excluding hydrogens is 348 g/mol. The first kappa shape index (κ1) is 24.2. The third kappa shape index (κ3) is 8.90. The molecule has 0 heterocycles. The maximum absolute atomic E-state index is 12.8. The van der Waals surface area contributed by atoms with Gasteiger partial charge in [0.25, 0.3) is 11.8 Å². The van der Waals surface area contributed by atoms with Crippen molar-refractivity contribution in [3.63, 3.8) is 0 Å². The first-order valence-electron chi connectivity index (χ1n) is 10.1. The van der Waals surface area contributed by atoms with Crippen LogP contribution in [0.5, 0.6) is 0 Å². The van der Waals surface area contributed by atoms with Crippen LogP contribution < -0.4 is 10.6 Å². The van der Waals surface area contributed by atoms with E-state index in [1.165, 1.54) is 0 Å². The highest BCUT2D eigenvalue weighted by molar-refractivity contribution is 6.00. The Labute approximate surface area is 171 Å². The van der Waals surface area contributed by atoms with Gasteiger partial charge in [0.15, 0.2) is 0 Å². The summed E-state index contributed by atoms with van der Waals surface area (Å²) in [4.78, 5) is 25.5. The van der Waals surface area contributed by atoms with E-state index in [1.807, 2.05) is 27.7 Å². The fraction of sp³-hybridized carbons (Fsp3) is 0.667. The molecule has 0 spiro atoms. The van der Waals surface area contributed by atoms with Crippen LogP contribution in [-0.2, 0) is 0 Å². The van der Waals surface area contributed by atoms with Crippen molar-refractivity contribution < 1.29 is 9.59 Å². The molecule has 0 aliphatic rings. The zero-order valence-corrected chi connectivity index (χ0v) is 19.5. The number of carbonyl (C=O) groups is 2. The van der Waals surface area contributed by atoms with Gasteiger partial charge in [0, 0.05) is 22.2 Å². The van der Waals surface area contributed by atoms with Crippen molar-refractivity contribution >= 4 is 11.8 Å². The molecule has 0 aliphatic carbocycles. The van der Waals surface area contributed by atoms with Crippen molar-refractivity contribution in [2.45, 2.75) is 93.2 Å². The Morgan fingerprint density at radius 3 is 1.29 bits per heavy atom. The lowest BCUT2D eigenvalue weighted by Gasteiger charge is -2.33. The third-order valence-corrected chi connectivity index (χ3v) is 4.24. The highest BCUT2D eigenvalue weighted by atomic mass is 16.2. The molecule has 0 saturated carbocycles. The van der Waals surface area contributed by atoms with Crippen molar-refractivity contribution in [2.75, 3.05) is 0 Å². The van der Waals surface area contributed by atoms with Gasteiger partial charge in [-0.05, 0) is 69.6 Å². The maximum atomic E-state index is 12.8. The standard InChI is InChI=1S/C24H40N2O2/c1-21(2,3)15-23(7,8)25-19(27)17-12-11-13-18(14-17)20(28)26-24(9,10)16-22(4,5)6/h11-14H,15-16H2,1-10H3,(H,25,27)(H,26,28). The first-order chi connectivity index (χ1) is 12.4. The highest BCUT2D eigenvalue weighted by Gasteiger charge is 2.29. The molecule has 1 aromatic rings. The van der Waals surface area contributed by atoms with Crippen LogP contribution in [0.1, 0.15) is 103 Å². The van der Waals surface area contributed by atoms with Crippen LogP contribution >= 0.6 is 0 Å². The summed E-state index contributed by atoms with van der Waals surface area (Å²) >= 11 is 0. The van der Waals surface area contributed by atoms with E-state index < -0.39 is 0 Å². The number of nitrogens with one attached hydrogen (secondary N) is 2. The van der Waals surface area contributed by atoms with Gasteiger partial charge in [-0.3, -0.25) is 9.59 Å². The lowest BCUT2D eigenvalue weighted by atomic mass is 9.81. The van der Waals surface area contributed by atoms with Gasteiger partial charge in [0.05, 0.1) is 0 Å². The minimum Gasteiger partial charge on any atom is -0.347 e. The predicted molar refractivity (Wildman–Crippen MR) is 118 cm³/mol. The highest BCUT2D eigenvalue weighted by Crippen LogP contribution is 2.28. The topological polar surface area (TPSA) is 58.2 Å². The number of hydrogen-bond donors (Lipinski definition) is 2. The van der Waals surface area contributed by atoms with Gasteiger partial charge in [-0.15, -0.1) is 0 Å². The summed E-state index contributed by atoms with van der Waals surface area (Å²) in [5, 5.41) is 6.21. The number of amides is 2. The van der Waals surface area contributed by atoms with Crippen LogP contribution in [0.2, 0.25) is 0 Å². The summed E-state index contributed by atoms with van der Waals surface area (Å²) < 4.78 is 0. The Bertz CT molecular complexity index is 647. The summed E-state index contributed by atoms with van der Waals surface area (Å²) in [6.07, 6.45) is 1.71. The second kappa shape index (κ2) is 8.26. The van der Waals surface area contributed by atoms with Gasteiger partial charge in [0.1, 0.15) is 0 Å². The molecule has 0 radical (unpaired) electrons. The molecule has 28 heavy (non-hydrogen) atoms. The van der Waals surface area contributed by atoms with E-state index in [0.717, 1.165) is 12.8 Å². The van der Waals surface area contributed by atoms with Crippen molar-refractivity contribution in [3.8, 4) is 0 Å². The van der Waals surface area contributed by atoms with E-state index in [2.05, 4.69) is 52.2 Å². The summed E-state index contributed by atoms with van der Waals surface area (Å²) in [5.74, 6) is -0.310. The molecular formula is C24H40N2O2. The van der Waals surface area contributed by atoms with Crippen LogP contribution in [0.4, 0.5) is 0 Å². The molecule has 0 fully saturated rings. The minimum atomic E-state index is -0.331. The molecule has 0 aromatic heterocycles. The van der Waals surface area contributed by atoms with Crippen LogP contribution in [0.15, 0.2) is 24.3 Å². The number of rotatable bonds is 6. The predicted octanol–water partition coefficient (Wildman–Crippen LogP) is 5.58. The quantitative estimate of drug-likeness (QED) is 0.669. The van der Waals surface area contributed by atoms with Gasteiger partial charge in [-0.2, -0.15) is 0 Å². The van der Waals surface area contributed by atoms with E-state index >= 15 is 0 Å². The zero-order chi connectivity index (χ0) is 22.0. The molecule has 4 heteroatoms. The maximum Gasteiger partial charge on any atom is 0.251 e. The Hall–Kier alpha value is -1.84. The van der Waals surface area contributed by atoms with Gasteiger partial charge in [0.2, 0.25) is 0 Å². The SMILES string of the molecule is CC(C)(C)CC(C)(C)NC(=O)c1cccc(C(=O)NC(C)(C)CC(C)(C)C)c1. The largest absolute Gasteiger partial charge is 0.347 e. The number of benzene rings is 1. The molecule has 1 aromatic carbocycles. The summed E-state index contributed by atoms with van der Waals surface area (Å²) in [5.41, 5.74) is 0.561. The van der Waals surface area contributed by atoms with E-state index in [9.17, 15) is 9.59 Å². The molecule has 0 unspecified atom stereocenters. The normalized spacial score (nSPS) is 13.2. The van der Waals surface area contributed by atoms with E-state index in [4.69, 9.17) is 0 Å². The summed E-state index contributed by atoms with van der Waals surface area (Å²) in [6, 6.07) is 6.93. The van der Waals surface area contributed by atoms with Crippen LogP contribution in [0.25, 0.3) is 0 Å². The van der Waals surface area contributed by atoms with Crippen molar-refractivity contribution in [1.29, 1.82) is 0 Å². The number of carbonyl (C=O) groups excluding carboxylic acids is 2. The fourth-order valence-electron chi connectivity index (χ4n) is 4.30. The summed E-state index contributed by atoms with van der Waals surface area (Å²) in [7, 11) is 0. The molecule has 0 aliphatic heterocycles. The van der Waals surface area contributed by atoms with E-state index in [-0.39, 0.29) is 33.7 Å². The third-order valence-electron chi connectivity index (χ3n) is 4.24. The molecule has 0 saturated heterocycles. The smallest absolute Gasteiger partial charge is 0.251 e. The average Bonchev–Trinajstić information content (AvgIpc) is 2.40. The molecule has 0 bridgehead atoms. The van der Waals surface area contributed by atoms with E-state index in [1.54, 1.807) is 24.3 Å². The molecule has 158 valence electrons.